The molecule has 7 heteroatoms. The standard InChI is InChI=1S/C18H21F2NO3S/c1-13-8-10-15(11-9-13)12-14(2)21(3)25(22,23)17-7-5-4-6-16(17)24-18(19)20/h4-11,14,18H,12H2,1-3H3. The highest BCUT2D eigenvalue weighted by atomic mass is 32.2. The van der Waals surface area contributed by atoms with Gasteiger partial charge in [0.15, 0.2) is 0 Å². The molecule has 2 aromatic rings. The fraction of sp³-hybridized carbons (Fsp3) is 0.333. The van der Waals surface area contributed by atoms with Crippen LogP contribution in [0.5, 0.6) is 5.75 Å². The molecule has 0 aliphatic heterocycles. The van der Waals surface area contributed by atoms with E-state index < -0.39 is 16.6 Å². The molecule has 2 rings (SSSR count). The Kier molecular flexibility index (Phi) is 6.13. The van der Waals surface area contributed by atoms with E-state index in [1.54, 1.807) is 6.92 Å². The highest BCUT2D eigenvalue weighted by molar-refractivity contribution is 7.89. The van der Waals surface area contributed by atoms with Gasteiger partial charge in [-0.25, -0.2) is 8.42 Å². The summed E-state index contributed by atoms with van der Waals surface area (Å²) in [5.41, 5.74) is 2.12. The van der Waals surface area contributed by atoms with Crippen molar-refractivity contribution in [2.75, 3.05) is 7.05 Å². The SMILES string of the molecule is Cc1ccc(CC(C)N(C)S(=O)(=O)c2ccccc2OC(F)F)cc1. The third-order valence-electron chi connectivity index (χ3n) is 3.99. The highest BCUT2D eigenvalue weighted by Gasteiger charge is 2.29. The van der Waals surface area contributed by atoms with E-state index in [9.17, 15) is 17.2 Å². The fourth-order valence-electron chi connectivity index (χ4n) is 2.44. The first-order valence-corrected chi connectivity index (χ1v) is 9.23. The smallest absolute Gasteiger partial charge is 0.387 e. The van der Waals surface area contributed by atoms with Gasteiger partial charge in [-0.3, -0.25) is 0 Å². The number of ether oxygens (including phenoxy) is 1. The average Bonchev–Trinajstić information content (AvgIpc) is 2.56. The molecule has 0 amide bonds. The number of aryl methyl sites for hydroxylation is 1. The molecule has 0 aromatic heterocycles. The maximum Gasteiger partial charge on any atom is 0.387 e. The Morgan fingerprint density at radius 3 is 2.28 bits per heavy atom. The van der Waals surface area contributed by atoms with Crippen LogP contribution in [0.4, 0.5) is 8.78 Å². The minimum atomic E-state index is -3.97. The lowest BCUT2D eigenvalue weighted by molar-refractivity contribution is -0.0517. The first-order valence-electron chi connectivity index (χ1n) is 7.79. The number of para-hydroxylation sites is 1. The Morgan fingerprint density at radius 1 is 1.08 bits per heavy atom. The summed E-state index contributed by atoms with van der Waals surface area (Å²) in [5, 5.41) is 0. The second-order valence-corrected chi connectivity index (χ2v) is 7.85. The number of nitrogens with zero attached hydrogens (tertiary/aromatic N) is 1. The molecule has 2 aromatic carbocycles. The summed E-state index contributed by atoms with van der Waals surface area (Å²) in [5.74, 6) is -0.355. The number of benzene rings is 2. The molecule has 0 radical (unpaired) electrons. The van der Waals surface area contributed by atoms with Crippen molar-refractivity contribution in [1.82, 2.24) is 4.31 Å². The van der Waals surface area contributed by atoms with Crippen LogP contribution in [0, 0.1) is 6.92 Å². The molecule has 0 saturated carbocycles. The third-order valence-corrected chi connectivity index (χ3v) is 6.01. The van der Waals surface area contributed by atoms with Gasteiger partial charge in [0.1, 0.15) is 10.6 Å². The van der Waals surface area contributed by atoms with E-state index in [0.717, 1.165) is 11.1 Å². The molecule has 1 unspecified atom stereocenters. The predicted molar refractivity (Wildman–Crippen MR) is 92.4 cm³/mol. The molecule has 0 N–H and O–H groups in total. The summed E-state index contributed by atoms with van der Waals surface area (Å²) < 4.78 is 56.3. The highest BCUT2D eigenvalue weighted by Crippen LogP contribution is 2.28. The van der Waals surface area contributed by atoms with Crippen molar-refractivity contribution in [1.29, 1.82) is 0 Å². The molecular weight excluding hydrogens is 348 g/mol. The second-order valence-electron chi connectivity index (χ2n) is 5.89. The van der Waals surface area contributed by atoms with Crippen LogP contribution < -0.4 is 4.74 Å². The molecule has 0 heterocycles. The van der Waals surface area contributed by atoms with Gasteiger partial charge in [-0.15, -0.1) is 0 Å². The predicted octanol–water partition coefficient (Wildman–Crippen LogP) is 3.85. The molecule has 0 aliphatic carbocycles. The summed E-state index contributed by atoms with van der Waals surface area (Å²) in [6.07, 6.45) is 0.508. The van der Waals surface area contributed by atoms with Crippen LogP contribution in [0.2, 0.25) is 0 Å². The lowest BCUT2D eigenvalue weighted by Crippen LogP contribution is -2.36. The molecule has 1 atom stereocenters. The van der Waals surface area contributed by atoms with Crippen LogP contribution in [0.25, 0.3) is 0 Å². The van der Waals surface area contributed by atoms with E-state index in [-0.39, 0.29) is 16.7 Å². The van der Waals surface area contributed by atoms with Crippen LogP contribution in [0.3, 0.4) is 0 Å². The summed E-state index contributed by atoms with van der Waals surface area (Å²) in [4.78, 5) is -0.270. The van der Waals surface area contributed by atoms with Crippen LogP contribution in [0.15, 0.2) is 53.4 Å². The summed E-state index contributed by atoms with van der Waals surface area (Å²) in [6, 6.07) is 12.9. The van der Waals surface area contributed by atoms with Gasteiger partial charge < -0.3 is 4.74 Å². The number of rotatable bonds is 7. The summed E-state index contributed by atoms with van der Waals surface area (Å²) in [6.45, 7) is 0.657. The van der Waals surface area contributed by atoms with Crippen molar-refractivity contribution in [3.63, 3.8) is 0 Å². The molecule has 4 nitrogen and oxygen atoms in total. The van der Waals surface area contributed by atoms with E-state index in [2.05, 4.69) is 4.74 Å². The topological polar surface area (TPSA) is 46.6 Å². The van der Waals surface area contributed by atoms with Gasteiger partial charge in [-0.1, -0.05) is 42.0 Å². The van der Waals surface area contributed by atoms with Gasteiger partial charge in [0.05, 0.1) is 0 Å². The van der Waals surface area contributed by atoms with Crippen LogP contribution in [0.1, 0.15) is 18.1 Å². The largest absolute Gasteiger partial charge is 0.433 e. The Labute approximate surface area is 147 Å². The zero-order valence-electron chi connectivity index (χ0n) is 14.3. The van der Waals surface area contributed by atoms with Crippen molar-refractivity contribution in [3.05, 3.63) is 59.7 Å². The molecule has 0 bridgehead atoms. The fourth-order valence-corrected chi connectivity index (χ4v) is 3.92. The van der Waals surface area contributed by atoms with Gasteiger partial charge >= 0.3 is 6.61 Å². The van der Waals surface area contributed by atoms with E-state index in [1.807, 2.05) is 31.2 Å². The molecule has 136 valence electrons. The third kappa shape index (κ3) is 4.76. The molecule has 25 heavy (non-hydrogen) atoms. The second kappa shape index (κ2) is 7.93. The van der Waals surface area contributed by atoms with Crippen LogP contribution in [-0.2, 0) is 16.4 Å². The maximum atomic E-state index is 12.8. The minimum absolute atomic E-state index is 0.270. The Hall–Kier alpha value is -1.99. The van der Waals surface area contributed by atoms with Crippen LogP contribution in [-0.4, -0.2) is 32.4 Å². The van der Waals surface area contributed by atoms with Gasteiger partial charge in [-0.05, 0) is 38.0 Å². The molecule has 0 saturated heterocycles. The van der Waals surface area contributed by atoms with Gasteiger partial charge in [0.25, 0.3) is 0 Å². The maximum absolute atomic E-state index is 12.8. The molecule has 0 aliphatic rings. The van der Waals surface area contributed by atoms with Gasteiger partial charge in [-0.2, -0.15) is 13.1 Å². The zero-order chi connectivity index (χ0) is 18.6. The van der Waals surface area contributed by atoms with Crippen molar-refractivity contribution in [2.45, 2.75) is 37.8 Å². The van der Waals surface area contributed by atoms with Crippen molar-refractivity contribution in [3.8, 4) is 5.75 Å². The minimum Gasteiger partial charge on any atom is -0.433 e. The normalized spacial score (nSPS) is 13.2. The van der Waals surface area contributed by atoms with Crippen molar-refractivity contribution in [2.24, 2.45) is 0 Å². The van der Waals surface area contributed by atoms with E-state index >= 15 is 0 Å². The molecule has 0 spiro atoms. The Bertz CT molecular complexity index is 807. The lowest BCUT2D eigenvalue weighted by Gasteiger charge is -2.25. The number of hydrogen-bond acceptors (Lipinski definition) is 3. The van der Waals surface area contributed by atoms with E-state index in [4.69, 9.17) is 0 Å². The zero-order valence-corrected chi connectivity index (χ0v) is 15.1. The first kappa shape index (κ1) is 19.3. The number of hydrogen-bond donors (Lipinski definition) is 0. The van der Waals surface area contributed by atoms with Crippen LogP contribution >= 0.6 is 0 Å². The monoisotopic (exact) mass is 369 g/mol. The number of halogens is 2. The Balaban J connectivity index is 2.25. The number of likely N-dealkylation sites (N-methyl/N-ethyl adjacent to an activating group) is 1. The number of alkyl halides is 2. The molecule has 0 fully saturated rings. The van der Waals surface area contributed by atoms with Crippen molar-refractivity contribution >= 4 is 10.0 Å². The lowest BCUT2D eigenvalue weighted by atomic mass is 10.1. The average molecular weight is 369 g/mol. The van der Waals surface area contributed by atoms with Gasteiger partial charge in [0, 0.05) is 13.1 Å². The van der Waals surface area contributed by atoms with Gasteiger partial charge in [0.2, 0.25) is 10.0 Å². The van der Waals surface area contributed by atoms with E-state index in [1.165, 1.54) is 35.6 Å². The number of sulfonamides is 1. The Morgan fingerprint density at radius 2 is 1.68 bits per heavy atom. The molecular formula is C18H21F2NO3S. The summed E-state index contributed by atoms with van der Waals surface area (Å²) in [7, 11) is -2.53. The first-order chi connectivity index (χ1) is 11.7. The van der Waals surface area contributed by atoms with Crippen molar-refractivity contribution < 1.29 is 21.9 Å². The van der Waals surface area contributed by atoms with E-state index in [0.29, 0.717) is 6.42 Å². The summed E-state index contributed by atoms with van der Waals surface area (Å²) >= 11 is 0. The quantitative estimate of drug-likeness (QED) is 0.745.